The van der Waals surface area contributed by atoms with Crippen molar-refractivity contribution in [3.05, 3.63) is 96.1 Å². The van der Waals surface area contributed by atoms with Crippen molar-refractivity contribution in [3.63, 3.8) is 0 Å². The summed E-state index contributed by atoms with van der Waals surface area (Å²) in [6.45, 7) is 1.51. The summed E-state index contributed by atoms with van der Waals surface area (Å²) < 4.78 is 17.0. The number of ether oxygens (including phenoxy) is 3. The van der Waals surface area contributed by atoms with Crippen LogP contribution < -0.4 is 21.1 Å². The van der Waals surface area contributed by atoms with Crippen molar-refractivity contribution >= 4 is 34.8 Å². The second kappa shape index (κ2) is 15.8. The number of nitrogen functional groups attached to an aromatic ring is 1. The van der Waals surface area contributed by atoms with Crippen molar-refractivity contribution in [2.24, 2.45) is 0 Å². The van der Waals surface area contributed by atoms with Crippen molar-refractivity contribution in [3.8, 4) is 5.75 Å². The number of carbonyl (C=O) groups excluding carboxylic acids is 3. The average molecular weight is 562 g/mol. The average Bonchev–Trinajstić information content (AvgIpc) is 2.97. The quantitative estimate of drug-likeness (QED) is 0.120. The van der Waals surface area contributed by atoms with E-state index in [0.29, 0.717) is 46.8 Å². The monoisotopic (exact) mass is 561 g/mol. The van der Waals surface area contributed by atoms with E-state index in [1.807, 2.05) is 0 Å². The topological polar surface area (TPSA) is 149 Å². The molecule has 3 aromatic carbocycles. The number of benzene rings is 3. The maximum Gasteiger partial charge on any atom is 0.412 e. The van der Waals surface area contributed by atoms with Crippen LogP contribution in [0.1, 0.15) is 41.8 Å². The third kappa shape index (κ3) is 9.79. The zero-order valence-electron chi connectivity index (χ0n) is 23.0. The molecular formula is C31H35N3O7. The summed E-state index contributed by atoms with van der Waals surface area (Å²) in [4.78, 5) is 36.7. The Morgan fingerprint density at radius 1 is 0.976 bits per heavy atom. The fourth-order valence-corrected chi connectivity index (χ4v) is 3.96. The number of allylic oxidation sites excluding steroid dienone is 1. The van der Waals surface area contributed by atoms with E-state index < -0.39 is 18.3 Å². The Hall–Kier alpha value is -4.67. The minimum absolute atomic E-state index is 0.0794. The summed E-state index contributed by atoms with van der Waals surface area (Å²) >= 11 is 0. The second-order valence-electron chi connectivity index (χ2n) is 9.06. The van der Waals surface area contributed by atoms with E-state index in [9.17, 15) is 14.4 Å². The molecular weight excluding hydrogens is 526 g/mol. The van der Waals surface area contributed by atoms with Gasteiger partial charge in [-0.25, -0.2) is 4.79 Å². The Balaban J connectivity index is 1.69. The van der Waals surface area contributed by atoms with Crippen LogP contribution in [0.2, 0.25) is 0 Å². The first kappa shape index (κ1) is 30.9. The molecule has 41 heavy (non-hydrogen) atoms. The van der Waals surface area contributed by atoms with Crippen LogP contribution >= 0.6 is 0 Å². The number of rotatable bonds is 14. The van der Waals surface area contributed by atoms with Crippen molar-refractivity contribution in [2.75, 3.05) is 36.7 Å². The number of amides is 2. The lowest BCUT2D eigenvalue weighted by atomic mass is 10.00. The molecule has 0 spiro atoms. The predicted octanol–water partition coefficient (Wildman–Crippen LogP) is 5.12. The van der Waals surface area contributed by atoms with Crippen LogP contribution in [0.5, 0.6) is 5.75 Å². The van der Waals surface area contributed by atoms with Crippen molar-refractivity contribution in [1.82, 2.24) is 0 Å². The van der Waals surface area contributed by atoms with Gasteiger partial charge in [-0.3, -0.25) is 14.9 Å². The fraction of sp³-hybridized carbons (Fsp3) is 0.258. The highest BCUT2D eigenvalue weighted by molar-refractivity contribution is 6.01. The normalized spacial score (nSPS) is 12.4. The second-order valence-corrected chi connectivity index (χ2v) is 9.06. The zero-order valence-corrected chi connectivity index (χ0v) is 23.0. The van der Waals surface area contributed by atoms with Crippen LogP contribution in [0.25, 0.3) is 0 Å². The van der Waals surface area contributed by atoms with E-state index in [1.165, 1.54) is 20.1 Å². The molecule has 0 heterocycles. The SMILES string of the molecule is CO[C@@H](CC/C=C/C(=O)Nc1ccccc1N)[C@@H](OC(=O)Nc1ccc(C(C)=O)cc1)c1ccc(OCCO)cc1. The van der Waals surface area contributed by atoms with Crippen LogP contribution in [0.15, 0.2) is 84.9 Å². The number of nitrogens with two attached hydrogens (primary N) is 1. The molecule has 10 heteroatoms. The summed E-state index contributed by atoms with van der Waals surface area (Å²) in [5.74, 6) is 0.154. The van der Waals surface area contributed by atoms with Crippen molar-refractivity contribution in [1.29, 1.82) is 0 Å². The summed E-state index contributed by atoms with van der Waals surface area (Å²) in [6.07, 6.45) is 1.96. The third-order valence-electron chi connectivity index (χ3n) is 6.09. The molecule has 0 fully saturated rings. The van der Waals surface area contributed by atoms with Crippen LogP contribution in [0.4, 0.5) is 21.9 Å². The Morgan fingerprint density at radius 2 is 1.68 bits per heavy atom. The molecule has 0 saturated carbocycles. The molecule has 0 aromatic heterocycles. The predicted molar refractivity (Wildman–Crippen MR) is 157 cm³/mol. The number of aliphatic hydroxyl groups excluding tert-OH is 1. The Morgan fingerprint density at radius 3 is 2.32 bits per heavy atom. The van der Waals surface area contributed by atoms with Gasteiger partial charge in [-0.15, -0.1) is 0 Å². The molecule has 10 nitrogen and oxygen atoms in total. The molecule has 2 atom stereocenters. The van der Waals surface area contributed by atoms with Crippen molar-refractivity contribution < 1.29 is 33.7 Å². The van der Waals surface area contributed by atoms with Gasteiger partial charge in [0.05, 0.1) is 24.1 Å². The lowest BCUT2D eigenvalue weighted by Gasteiger charge is -2.26. The van der Waals surface area contributed by atoms with Gasteiger partial charge in [0.1, 0.15) is 12.4 Å². The maximum absolute atomic E-state index is 12.9. The number of para-hydroxylation sites is 2. The lowest BCUT2D eigenvalue weighted by molar-refractivity contribution is -0.111. The van der Waals surface area contributed by atoms with Gasteiger partial charge in [0, 0.05) is 18.4 Å². The first-order chi connectivity index (χ1) is 19.8. The molecule has 0 radical (unpaired) electrons. The molecule has 0 aliphatic heterocycles. The van der Waals surface area contributed by atoms with E-state index in [-0.39, 0.29) is 24.9 Å². The third-order valence-corrected chi connectivity index (χ3v) is 6.09. The van der Waals surface area contributed by atoms with E-state index in [0.717, 1.165) is 0 Å². The van der Waals surface area contributed by atoms with E-state index in [1.54, 1.807) is 78.9 Å². The number of carbonyl (C=O) groups is 3. The highest BCUT2D eigenvalue weighted by Crippen LogP contribution is 2.29. The molecule has 0 bridgehead atoms. The number of Topliss-reactive ketones (excluding diaryl/α,β-unsaturated/α-hetero) is 1. The number of aliphatic hydroxyl groups is 1. The number of ketones is 1. The minimum atomic E-state index is -0.797. The van der Waals surface area contributed by atoms with Gasteiger partial charge in [0.2, 0.25) is 5.91 Å². The lowest BCUT2D eigenvalue weighted by Crippen LogP contribution is -2.28. The number of nitrogens with one attached hydrogen (secondary N) is 2. The fourth-order valence-electron chi connectivity index (χ4n) is 3.96. The highest BCUT2D eigenvalue weighted by Gasteiger charge is 2.27. The molecule has 2 amide bonds. The van der Waals surface area contributed by atoms with Gasteiger partial charge in [0.25, 0.3) is 0 Å². The van der Waals surface area contributed by atoms with Gasteiger partial charge in [-0.2, -0.15) is 0 Å². The smallest absolute Gasteiger partial charge is 0.412 e. The molecule has 3 rings (SSSR count). The summed E-state index contributed by atoms with van der Waals surface area (Å²) in [5.41, 5.74) is 8.53. The Labute approximate surface area is 239 Å². The maximum atomic E-state index is 12.9. The Kier molecular flexibility index (Phi) is 11.9. The summed E-state index contributed by atoms with van der Waals surface area (Å²) in [5, 5.41) is 14.4. The molecule has 0 aliphatic rings. The summed E-state index contributed by atoms with van der Waals surface area (Å²) in [7, 11) is 1.52. The number of hydrogen-bond donors (Lipinski definition) is 4. The molecule has 0 aliphatic carbocycles. The summed E-state index contributed by atoms with van der Waals surface area (Å²) in [6, 6.07) is 20.4. The number of anilines is 3. The number of hydrogen-bond acceptors (Lipinski definition) is 8. The Bertz CT molecular complexity index is 1320. The van der Waals surface area contributed by atoms with E-state index in [4.69, 9.17) is 25.1 Å². The molecule has 0 unspecified atom stereocenters. The number of methoxy groups -OCH3 is 1. The van der Waals surface area contributed by atoms with Crippen LogP contribution in [0, 0.1) is 0 Å². The minimum Gasteiger partial charge on any atom is -0.491 e. The van der Waals surface area contributed by atoms with E-state index in [2.05, 4.69) is 10.6 Å². The molecule has 216 valence electrons. The van der Waals surface area contributed by atoms with Gasteiger partial charge >= 0.3 is 6.09 Å². The van der Waals surface area contributed by atoms with Crippen LogP contribution in [-0.2, 0) is 14.3 Å². The molecule has 0 saturated heterocycles. The van der Waals surface area contributed by atoms with Gasteiger partial charge < -0.3 is 30.4 Å². The highest BCUT2D eigenvalue weighted by atomic mass is 16.6. The largest absolute Gasteiger partial charge is 0.491 e. The van der Waals surface area contributed by atoms with Gasteiger partial charge in [-0.05, 0) is 79.9 Å². The first-order valence-electron chi connectivity index (χ1n) is 13.1. The van der Waals surface area contributed by atoms with Crippen LogP contribution in [-0.4, -0.2) is 49.3 Å². The van der Waals surface area contributed by atoms with E-state index >= 15 is 0 Å². The molecule has 5 N–H and O–H groups in total. The van der Waals surface area contributed by atoms with Gasteiger partial charge in [-0.1, -0.05) is 30.3 Å². The van der Waals surface area contributed by atoms with Crippen molar-refractivity contribution in [2.45, 2.75) is 32.0 Å². The zero-order chi connectivity index (χ0) is 29.6. The van der Waals surface area contributed by atoms with Crippen LogP contribution in [0.3, 0.4) is 0 Å². The van der Waals surface area contributed by atoms with Gasteiger partial charge in [0.15, 0.2) is 11.9 Å². The first-order valence-corrected chi connectivity index (χ1v) is 13.1. The standard InChI is InChI=1S/C31H35N3O7/c1-21(36)22-11-15-24(16-12-22)33-31(38)41-30(23-13-17-25(18-14-23)40-20-19-35)28(39-2)9-5-6-10-29(37)34-27-8-4-3-7-26(27)32/h3-4,6-8,10-18,28,30,35H,5,9,19-20,32H2,1-2H3,(H,33,38)(H,34,37)/b10-6+/t28-,30-/m0/s1. The molecule has 3 aromatic rings.